The molecule has 0 spiro atoms. The fourth-order valence-electron chi connectivity index (χ4n) is 3.46. The van der Waals surface area contributed by atoms with Crippen LogP contribution >= 0.6 is 33.9 Å². The van der Waals surface area contributed by atoms with Gasteiger partial charge in [-0.25, -0.2) is 0 Å². The van der Waals surface area contributed by atoms with Crippen LogP contribution in [-0.4, -0.2) is 23.4 Å². The molecule has 0 radical (unpaired) electrons. The maximum atomic E-state index is 12.6. The number of likely N-dealkylation sites (tertiary alicyclic amines) is 1. The average Bonchev–Trinajstić information content (AvgIpc) is 3.08. The Bertz CT molecular complexity index is 439. The predicted molar refractivity (Wildman–Crippen MR) is 83.1 cm³/mol. The van der Waals surface area contributed by atoms with Gasteiger partial charge in [0.15, 0.2) is 0 Å². The number of rotatable bonds is 2. The third-order valence-electron chi connectivity index (χ3n) is 4.32. The van der Waals surface area contributed by atoms with E-state index < -0.39 is 0 Å². The van der Waals surface area contributed by atoms with Crippen LogP contribution in [0.5, 0.6) is 0 Å². The van der Waals surface area contributed by atoms with E-state index in [1.54, 1.807) is 11.3 Å². The molecule has 1 saturated heterocycles. The second-order valence-corrected chi connectivity index (χ2v) is 8.20. The van der Waals surface area contributed by atoms with Gasteiger partial charge in [0.25, 0.3) is 5.91 Å². The molecule has 1 saturated carbocycles. The van der Waals surface area contributed by atoms with Crippen molar-refractivity contribution in [1.29, 1.82) is 0 Å². The standard InChI is InChI=1S/C14H18INOS/c15-13-8-11(9-18-13)14(17)16-7-3-6-12(16)10-4-1-2-5-10/h8-10,12H,1-7H2. The van der Waals surface area contributed by atoms with Crippen molar-refractivity contribution in [3.05, 3.63) is 19.9 Å². The van der Waals surface area contributed by atoms with Crippen LogP contribution in [0.15, 0.2) is 11.4 Å². The number of nitrogens with zero attached hydrogens (tertiary/aromatic N) is 1. The van der Waals surface area contributed by atoms with Crippen molar-refractivity contribution in [1.82, 2.24) is 4.90 Å². The van der Waals surface area contributed by atoms with Gasteiger partial charge in [-0.05, 0) is 60.3 Å². The summed E-state index contributed by atoms with van der Waals surface area (Å²) in [5.74, 6) is 1.04. The number of hydrogen-bond acceptors (Lipinski definition) is 2. The highest BCUT2D eigenvalue weighted by Gasteiger charge is 2.36. The van der Waals surface area contributed by atoms with E-state index in [0.29, 0.717) is 6.04 Å². The van der Waals surface area contributed by atoms with Gasteiger partial charge < -0.3 is 4.90 Å². The summed E-state index contributed by atoms with van der Waals surface area (Å²) in [5.41, 5.74) is 0.897. The quantitative estimate of drug-likeness (QED) is 0.712. The van der Waals surface area contributed by atoms with Gasteiger partial charge in [-0.2, -0.15) is 0 Å². The van der Waals surface area contributed by atoms with E-state index in [0.717, 1.165) is 18.0 Å². The van der Waals surface area contributed by atoms with E-state index in [4.69, 9.17) is 0 Å². The van der Waals surface area contributed by atoms with E-state index in [9.17, 15) is 4.79 Å². The average molecular weight is 375 g/mol. The summed E-state index contributed by atoms with van der Waals surface area (Å²) in [6, 6.07) is 2.55. The van der Waals surface area contributed by atoms with Gasteiger partial charge in [-0.15, -0.1) is 11.3 Å². The van der Waals surface area contributed by atoms with Gasteiger partial charge in [-0.1, -0.05) is 12.8 Å². The first kappa shape index (κ1) is 12.9. The molecule has 18 heavy (non-hydrogen) atoms. The van der Waals surface area contributed by atoms with Crippen molar-refractivity contribution in [2.75, 3.05) is 6.54 Å². The number of amides is 1. The second-order valence-electron chi connectivity index (χ2n) is 5.39. The zero-order valence-electron chi connectivity index (χ0n) is 10.4. The Labute approximate surface area is 126 Å². The molecule has 1 aromatic rings. The third kappa shape index (κ3) is 2.46. The molecule has 1 unspecified atom stereocenters. The molecule has 2 fully saturated rings. The molecular formula is C14H18INOS. The summed E-state index contributed by atoms with van der Waals surface area (Å²) < 4.78 is 1.20. The van der Waals surface area contributed by atoms with Crippen LogP contribution in [0.2, 0.25) is 0 Å². The Morgan fingerprint density at radius 1 is 1.28 bits per heavy atom. The molecule has 0 N–H and O–H groups in total. The first-order valence-corrected chi connectivity index (χ1v) is 8.76. The molecule has 1 aliphatic carbocycles. The Morgan fingerprint density at radius 2 is 2.06 bits per heavy atom. The molecule has 0 aromatic carbocycles. The molecule has 1 aromatic heterocycles. The van der Waals surface area contributed by atoms with Crippen LogP contribution in [0, 0.1) is 8.80 Å². The van der Waals surface area contributed by atoms with Crippen LogP contribution in [0.25, 0.3) is 0 Å². The van der Waals surface area contributed by atoms with E-state index in [-0.39, 0.29) is 5.91 Å². The second kappa shape index (κ2) is 5.49. The molecule has 1 amide bonds. The first-order chi connectivity index (χ1) is 8.75. The molecule has 2 heterocycles. The molecule has 2 nitrogen and oxygen atoms in total. The lowest BCUT2D eigenvalue weighted by Gasteiger charge is -2.29. The van der Waals surface area contributed by atoms with Gasteiger partial charge in [0.2, 0.25) is 0 Å². The number of hydrogen-bond donors (Lipinski definition) is 0. The van der Waals surface area contributed by atoms with Crippen LogP contribution in [0.3, 0.4) is 0 Å². The highest BCUT2D eigenvalue weighted by Crippen LogP contribution is 2.36. The minimum Gasteiger partial charge on any atom is -0.335 e. The summed E-state index contributed by atoms with van der Waals surface area (Å²) in [6.07, 6.45) is 7.79. The van der Waals surface area contributed by atoms with Crippen molar-refractivity contribution in [3.8, 4) is 0 Å². The van der Waals surface area contributed by atoms with E-state index >= 15 is 0 Å². The summed E-state index contributed by atoms with van der Waals surface area (Å²) in [5, 5.41) is 2.01. The number of thiophene rings is 1. The summed E-state index contributed by atoms with van der Waals surface area (Å²) >= 11 is 3.95. The van der Waals surface area contributed by atoms with Gasteiger partial charge in [-0.3, -0.25) is 4.79 Å². The molecule has 2 aliphatic rings. The number of halogens is 1. The van der Waals surface area contributed by atoms with Crippen molar-refractivity contribution >= 4 is 39.8 Å². The Balaban J connectivity index is 1.75. The molecule has 1 aliphatic heterocycles. The lowest BCUT2D eigenvalue weighted by Crippen LogP contribution is -2.39. The summed E-state index contributed by atoms with van der Waals surface area (Å²) in [4.78, 5) is 14.7. The topological polar surface area (TPSA) is 20.3 Å². The molecule has 0 bridgehead atoms. The zero-order chi connectivity index (χ0) is 12.5. The Kier molecular flexibility index (Phi) is 3.94. The van der Waals surface area contributed by atoms with Gasteiger partial charge >= 0.3 is 0 Å². The first-order valence-electron chi connectivity index (χ1n) is 6.81. The normalized spacial score (nSPS) is 24.9. The van der Waals surface area contributed by atoms with Crippen molar-refractivity contribution in [2.45, 2.75) is 44.6 Å². The lowest BCUT2D eigenvalue weighted by molar-refractivity contribution is 0.0689. The van der Waals surface area contributed by atoms with Crippen molar-refractivity contribution in [2.24, 2.45) is 5.92 Å². The van der Waals surface area contributed by atoms with E-state index in [1.165, 1.54) is 41.4 Å². The van der Waals surface area contributed by atoms with Gasteiger partial charge in [0.1, 0.15) is 0 Å². The SMILES string of the molecule is O=C(c1csc(I)c1)N1CCCC1C1CCCC1. The number of carbonyl (C=O) groups is 1. The summed E-state index contributed by atoms with van der Waals surface area (Å²) in [7, 11) is 0. The third-order valence-corrected chi connectivity index (χ3v) is 6.11. The van der Waals surface area contributed by atoms with Crippen molar-refractivity contribution in [3.63, 3.8) is 0 Å². The van der Waals surface area contributed by atoms with Crippen LogP contribution in [0.4, 0.5) is 0 Å². The predicted octanol–water partition coefficient (Wildman–Crippen LogP) is 4.15. The maximum absolute atomic E-state index is 12.6. The van der Waals surface area contributed by atoms with Crippen LogP contribution in [0.1, 0.15) is 48.9 Å². The molecule has 3 rings (SSSR count). The number of carbonyl (C=O) groups excluding carboxylic acids is 1. The highest BCUT2D eigenvalue weighted by molar-refractivity contribution is 14.1. The molecule has 1 atom stereocenters. The minimum absolute atomic E-state index is 0.267. The minimum atomic E-state index is 0.267. The highest BCUT2D eigenvalue weighted by atomic mass is 127. The van der Waals surface area contributed by atoms with Crippen LogP contribution < -0.4 is 0 Å². The van der Waals surface area contributed by atoms with Crippen LogP contribution in [-0.2, 0) is 0 Å². The molecular weight excluding hydrogens is 357 g/mol. The molecule has 98 valence electrons. The monoisotopic (exact) mass is 375 g/mol. The van der Waals surface area contributed by atoms with Crippen molar-refractivity contribution < 1.29 is 4.79 Å². The maximum Gasteiger partial charge on any atom is 0.254 e. The fraction of sp³-hybridized carbons (Fsp3) is 0.643. The summed E-state index contributed by atoms with van der Waals surface area (Å²) in [6.45, 7) is 0.965. The lowest BCUT2D eigenvalue weighted by atomic mass is 9.96. The smallest absolute Gasteiger partial charge is 0.254 e. The van der Waals surface area contributed by atoms with Gasteiger partial charge in [0, 0.05) is 18.0 Å². The zero-order valence-corrected chi connectivity index (χ0v) is 13.4. The molecule has 4 heteroatoms. The largest absolute Gasteiger partial charge is 0.335 e. The Morgan fingerprint density at radius 3 is 2.72 bits per heavy atom. The van der Waals surface area contributed by atoms with Gasteiger partial charge in [0.05, 0.1) is 8.45 Å². The Hall–Kier alpha value is -0.100. The fourth-order valence-corrected chi connectivity index (χ4v) is 4.79. The van der Waals surface area contributed by atoms with E-state index in [1.807, 2.05) is 11.4 Å². The van der Waals surface area contributed by atoms with E-state index in [2.05, 4.69) is 27.5 Å².